The molecule has 0 atom stereocenters. The molecule has 3 rings (SSSR count). The molecular weight excluding hydrogens is 275 g/mol. The number of nitrogens with zero attached hydrogens (tertiary/aromatic N) is 1. The van der Waals surface area contributed by atoms with Crippen molar-refractivity contribution in [2.24, 2.45) is 0 Å². The number of thiazole rings is 1. The first kappa shape index (κ1) is 13.2. The van der Waals surface area contributed by atoms with Crippen LogP contribution in [0.1, 0.15) is 31.0 Å². The normalized spacial score (nSPS) is 15.9. The molecule has 20 heavy (non-hydrogen) atoms. The molecule has 1 aliphatic rings. The molecule has 0 radical (unpaired) electrons. The first-order chi connectivity index (χ1) is 9.65. The Morgan fingerprint density at radius 2 is 2.30 bits per heavy atom. The van der Waals surface area contributed by atoms with Crippen LogP contribution in [0.15, 0.2) is 29.8 Å². The fourth-order valence-electron chi connectivity index (χ4n) is 2.40. The van der Waals surface area contributed by atoms with E-state index in [1.165, 1.54) is 23.5 Å². The number of rotatable bonds is 4. The van der Waals surface area contributed by atoms with Gasteiger partial charge in [-0.3, -0.25) is 4.79 Å². The summed E-state index contributed by atoms with van der Waals surface area (Å²) >= 11 is 1.43. The Morgan fingerprint density at radius 3 is 2.95 bits per heavy atom. The number of hydrogen-bond donors (Lipinski definition) is 1. The minimum absolute atomic E-state index is 0.0537. The van der Waals surface area contributed by atoms with Crippen LogP contribution in [0.25, 0.3) is 0 Å². The summed E-state index contributed by atoms with van der Waals surface area (Å²) in [6.45, 7) is 2.00. The number of nitrogens with one attached hydrogen (secondary N) is 1. The predicted octanol–water partition coefficient (Wildman–Crippen LogP) is 3.51. The number of amides is 1. The monoisotopic (exact) mass is 290 g/mol. The van der Waals surface area contributed by atoms with Gasteiger partial charge in [-0.1, -0.05) is 19.1 Å². The highest BCUT2D eigenvalue weighted by Crippen LogP contribution is 2.49. The summed E-state index contributed by atoms with van der Waals surface area (Å²) in [5.74, 6) is -0.351. The number of carbonyl (C=O) groups is 1. The van der Waals surface area contributed by atoms with E-state index in [0.29, 0.717) is 0 Å². The number of halogens is 1. The number of anilines is 1. The molecule has 0 bridgehead atoms. The van der Waals surface area contributed by atoms with Crippen molar-refractivity contribution >= 4 is 22.2 Å². The van der Waals surface area contributed by atoms with Gasteiger partial charge in [-0.2, -0.15) is 0 Å². The molecule has 5 heteroatoms. The third-order valence-electron chi connectivity index (χ3n) is 3.77. The van der Waals surface area contributed by atoms with Gasteiger partial charge in [-0.25, -0.2) is 9.37 Å². The fraction of sp³-hybridized carbons (Fsp3) is 0.333. The Morgan fingerprint density at radius 1 is 1.50 bits per heavy atom. The second-order valence-corrected chi connectivity index (χ2v) is 5.88. The largest absolute Gasteiger partial charge is 0.315 e. The summed E-state index contributed by atoms with van der Waals surface area (Å²) in [7, 11) is 0. The molecule has 1 aromatic carbocycles. The molecule has 0 aliphatic heterocycles. The quantitative estimate of drug-likeness (QED) is 0.936. The number of carbonyl (C=O) groups excluding carboxylic acids is 1. The molecule has 0 unspecified atom stereocenters. The summed E-state index contributed by atoms with van der Waals surface area (Å²) in [5.41, 5.74) is 2.84. The lowest BCUT2D eigenvalue weighted by Crippen LogP contribution is -2.27. The Balaban J connectivity index is 1.84. The van der Waals surface area contributed by atoms with Crippen molar-refractivity contribution < 1.29 is 9.18 Å². The average Bonchev–Trinajstić information content (AvgIpc) is 3.14. The zero-order valence-electron chi connectivity index (χ0n) is 11.1. The van der Waals surface area contributed by atoms with E-state index in [4.69, 9.17) is 0 Å². The SMILES string of the molecule is CCc1ncsc1NC(=O)C1(c2cccc(F)c2)CC1. The van der Waals surface area contributed by atoms with Crippen LogP contribution >= 0.6 is 11.3 Å². The summed E-state index contributed by atoms with van der Waals surface area (Å²) in [5, 5.41) is 3.76. The molecule has 0 saturated heterocycles. The number of aromatic nitrogens is 1. The molecule has 104 valence electrons. The third kappa shape index (κ3) is 2.22. The highest BCUT2D eigenvalue weighted by molar-refractivity contribution is 7.14. The molecule has 1 fully saturated rings. The van der Waals surface area contributed by atoms with Crippen LogP contribution in [0.5, 0.6) is 0 Å². The van der Waals surface area contributed by atoms with E-state index in [0.717, 1.165) is 35.5 Å². The lowest BCUT2D eigenvalue weighted by Gasteiger charge is -2.15. The van der Waals surface area contributed by atoms with Crippen LogP contribution in [-0.2, 0) is 16.6 Å². The topological polar surface area (TPSA) is 42.0 Å². The maximum absolute atomic E-state index is 13.3. The molecule has 1 aliphatic carbocycles. The number of benzene rings is 1. The standard InChI is InChI=1S/C15H15FN2OS/c1-2-12-13(20-9-17-12)18-14(19)15(6-7-15)10-4-3-5-11(16)8-10/h3-5,8-9H,2,6-7H2,1H3,(H,18,19). The zero-order valence-corrected chi connectivity index (χ0v) is 12.0. The molecule has 0 spiro atoms. The van der Waals surface area contributed by atoms with E-state index >= 15 is 0 Å². The maximum atomic E-state index is 13.3. The summed E-state index contributed by atoms with van der Waals surface area (Å²) in [6.07, 6.45) is 2.32. The molecule has 3 nitrogen and oxygen atoms in total. The molecule has 2 aromatic rings. The predicted molar refractivity (Wildman–Crippen MR) is 77.4 cm³/mol. The minimum atomic E-state index is -0.558. The van der Waals surface area contributed by atoms with Gasteiger partial charge in [0, 0.05) is 0 Å². The van der Waals surface area contributed by atoms with Crippen LogP contribution in [-0.4, -0.2) is 10.9 Å². The molecule has 1 amide bonds. The van der Waals surface area contributed by atoms with Crippen LogP contribution in [0.4, 0.5) is 9.39 Å². The number of aryl methyl sites for hydroxylation is 1. The van der Waals surface area contributed by atoms with Gasteiger partial charge in [0.2, 0.25) is 5.91 Å². The van der Waals surface area contributed by atoms with E-state index in [1.54, 1.807) is 11.6 Å². The zero-order chi connectivity index (χ0) is 14.2. The first-order valence-electron chi connectivity index (χ1n) is 6.65. The summed E-state index contributed by atoms with van der Waals surface area (Å²) < 4.78 is 13.3. The second kappa shape index (κ2) is 4.98. The lowest BCUT2D eigenvalue weighted by atomic mass is 9.95. The fourth-order valence-corrected chi connectivity index (χ4v) is 3.17. The number of hydrogen-bond acceptors (Lipinski definition) is 3. The van der Waals surface area contributed by atoms with Crippen molar-refractivity contribution in [2.75, 3.05) is 5.32 Å². The van der Waals surface area contributed by atoms with Crippen LogP contribution in [0.2, 0.25) is 0 Å². The van der Waals surface area contributed by atoms with Gasteiger partial charge in [0.25, 0.3) is 0 Å². The summed E-state index contributed by atoms with van der Waals surface area (Å²) in [4.78, 5) is 16.7. The molecular formula is C15H15FN2OS. The second-order valence-electron chi connectivity index (χ2n) is 5.03. The van der Waals surface area contributed by atoms with Gasteiger partial charge in [-0.05, 0) is 37.0 Å². The van der Waals surface area contributed by atoms with Crippen LogP contribution < -0.4 is 5.32 Å². The summed E-state index contributed by atoms with van der Waals surface area (Å²) in [6, 6.07) is 6.33. The van der Waals surface area contributed by atoms with Gasteiger partial charge in [0.15, 0.2) is 0 Å². The Hall–Kier alpha value is -1.75. The van der Waals surface area contributed by atoms with E-state index < -0.39 is 5.41 Å². The highest BCUT2D eigenvalue weighted by Gasteiger charge is 2.51. The van der Waals surface area contributed by atoms with Gasteiger partial charge in [-0.15, -0.1) is 11.3 Å². The molecule has 1 aromatic heterocycles. The van der Waals surface area contributed by atoms with Crippen molar-refractivity contribution in [1.82, 2.24) is 4.98 Å². The Labute approximate surface area is 120 Å². The smallest absolute Gasteiger partial charge is 0.235 e. The minimum Gasteiger partial charge on any atom is -0.315 e. The Kier molecular flexibility index (Phi) is 3.30. The van der Waals surface area contributed by atoms with E-state index in [1.807, 2.05) is 13.0 Å². The van der Waals surface area contributed by atoms with E-state index in [9.17, 15) is 9.18 Å². The lowest BCUT2D eigenvalue weighted by molar-refractivity contribution is -0.118. The Bertz CT molecular complexity index is 649. The van der Waals surface area contributed by atoms with Crippen molar-refractivity contribution in [3.63, 3.8) is 0 Å². The van der Waals surface area contributed by atoms with Crippen molar-refractivity contribution in [3.05, 3.63) is 46.9 Å². The van der Waals surface area contributed by atoms with Crippen LogP contribution in [0, 0.1) is 5.82 Å². The van der Waals surface area contributed by atoms with E-state index in [-0.39, 0.29) is 11.7 Å². The van der Waals surface area contributed by atoms with Gasteiger partial charge >= 0.3 is 0 Å². The maximum Gasteiger partial charge on any atom is 0.235 e. The average molecular weight is 290 g/mol. The van der Waals surface area contributed by atoms with E-state index in [2.05, 4.69) is 10.3 Å². The van der Waals surface area contributed by atoms with Gasteiger partial charge in [0.1, 0.15) is 10.8 Å². The van der Waals surface area contributed by atoms with Crippen LogP contribution in [0.3, 0.4) is 0 Å². The molecule has 1 heterocycles. The van der Waals surface area contributed by atoms with Crippen molar-refractivity contribution in [1.29, 1.82) is 0 Å². The van der Waals surface area contributed by atoms with Crippen molar-refractivity contribution in [3.8, 4) is 0 Å². The first-order valence-corrected chi connectivity index (χ1v) is 7.53. The van der Waals surface area contributed by atoms with Gasteiger partial charge in [0.05, 0.1) is 16.6 Å². The van der Waals surface area contributed by atoms with Crippen molar-refractivity contribution in [2.45, 2.75) is 31.6 Å². The highest BCUT2D eigenvalue weighted by atomic mass is 32.1. The third-order valence-corrected chi connectivity index (χ3v) is 4.55. The molecule has 1 saturated carbocycles. The molecule has 1 N–H and O–H groups in total. The van der Waals surface area contributed by atoms with Gasteiger partial charge < -0.3 is 5.32 Å².